The van der Waals surface area contributed by atoms with E-state index in [0.29, 0.717) is 18.6 Å². The van der Waals surface area contributed by atoms with Gasteiger partial charge in [0.1, 0.15) is 5.75 Å². The number of anilines is 1. The monoisotopic (exact) mass is 364 g/mol. The summed E-state index contributed by atoms with van der Waals surface area (Å²) in [5, 5.41) is 2.93. The predicted molar refractivity (Wildman–Crippen MR) is 104 cm³/mol. The van der Waals surface area contributed by atoms with E-state index >= 15 is 0 Å². The largest absolute Gasteiger partial charge is 0.493 e. The fraction of sp³-hybridized carbons (Fsp3) is 0.364. The van der Waals surface area contributed by atoms with Crippen LogP contribution >= 0.6 is 0 Å². The van der Waals surface area contributed by atoms with Crippen LogP contribution in [0, 0.1) is 0 Å². The molecular formula is C22H24N2O3. The first-order chi connectivity index (χ1) is 13.2. The lowest BCUT2D eigenvalue weighted by molar-refractivity contribution is -0.130. The Morgan fingerprint density at radius 2 is 1.81 bits per heavy atom. The normalized spacial score (nSPS) is 15.3. The quantitative estimate of drug-likeness (QED) is 0.884. The predicted octanol–water partition coefficient (Wildman–Crippen LogP) is 3.43. The molecule has 27 heavy (non-hydrogen) atoms. The molecule has 1 N–H and O–H groups in total. The van der Waals surface area contributed by atoms with Crippen molar-refractivity contribution in [1.29, 1.82) is 0 Å². The van der Waals surface area contributed by atoms with Crippen LogP contribution in [0.2, 0.25) is 0 Å². The highest BCUT2D eigenvalue weighted by atomic mass is 16.5. The molecule has 2 heterocycles. The maximum absolute atomic E-state index is 12.5. The zero-order chi connectivity index (χ0) is 18.6. The Hall–Kier alpha value is -2.82. The Bertz CT molecular complexity index is 839. The van der Waals surface area contributed by atoms with Gasteiger partial charge in [0, 0.05) is 37.2 Å². The number of fused-ring (bicyclic) bond motifs is 1. The van der Waals surface area contributed by atoms with E-state index in [1.165, 1.54) is 0 Å². The van der Waals surface area contributed by atoms with E-state index < -0.39 is 0 Å². The molecule has 140 valence electrons. The Kier molecular flexibility index (Phi) is 5.10. The number of hydrogen-bond acceptors (Lipinski definition) is 3. The summed E-state index contributed by atoms with van der Waals surface area (Å²) in [5.41, 5.74) is 3.58. The van der Waals surface area contributed by atoms with Crippen LogP contribution in [-0.2, 0) is 17.6 Å². The highest BCUT2D eigenvalue weighted by Crippen LogP contribution is 2.26. The second-order valence-electron chi connectivity index (χ2n) is 7.16. The maximum atomic E-state index is 12.5. The van der Waals surface area contributed by atoms with E-state index in [4.69, 9.17) is 4.74 Å². The van der Waals surface area contributed by atoms with Crippen LogP contribution in [0.25, 0.3) is 0 Å². The smallest absolute Gasteiger partial charge is 0.255 e. The number of nitrogens with one attached hydrogen (secondary N) is 1. The number of likely N-dealkylation sites (tertiary alicyclic amines) is 1. The third-order valence-electron chi connectivity index (χ3n) is 5.25. The van der Waals surface area contributed by atoms with Gasteiger partial charge in [0.05, 0.1) is 6.61 Å². The molecule has 0 saturated carbocycles. The van der Waals surface area contributed by atoms with Crippen molar-refractivity contribution in [3.05, 3.63) is 59.2 Å². The van der Waals surface area contributed by atoms with Gasteiger partial charge in [-0.3, -0.25) is 9.59 Å². The van der Waals surface area contributed by atoms with Crippen molar-refractivity contribution < 1.29 is 14.3 Å². The van der Waals surface area contributed by atoms with Gasteiger partial charge in [-0.25, -0.2) is 0 Å². The summed E-state index contributed by atoms with van der Waals surface area (Å²) >= 11 is 0. The SMILES string of the molecule is O=C(Nc1ccc(CCC(=O)N2CCCC2)cc1)c1ccc2c(c1)CCO2. The van der Waals surface area contributed by atoms with Gasteiger partial charge >= 0.3 is 0 Å². The third-order valence-corrected chi connectivity index (χ3v) is 5.25. The van der Waals surface area contributed by atoms with Crippen LogP contribution in [0.1, 0.15) is 40.7 Å². The molecule has 2 aliphatic heterocycles. The van der Waals surface area contributed by atoms with E-state index in [9.17, 15) is 9.59 Å². The number of hydrogen-bond donors (Lipinski definition) is 1. The molecule has 2 aromatic rings. The van der Waals surface area contributed by atoms with Crippen molar-refractivity contribution in [1.82, 2.24) is 4.90 Å². The van der Waals surface area contributed by atoms with E-state index in [-0.39, 0.29) is 11.8 Å². The summed E-state index contributed by atoms with van der Waals surface area (Å²) in [4.78, 5) is 26.5. The van der Waals surface area contributed by atoms with Gasteiger partial charge in [0.15, 0.2) is 0 Å². The Labute approximate surface area is 159 Å². The lowest BCUT2D eigenvalue weighted by atomic mass is 10.1. The van der Waals surface area contributed by atoms with Crippen LogP contribution in [0.15, 0.2) is 42.5 Å². The van der Waals surface area contributed by atoms with Gasteiger partial charge in [-0.2, -0.15) is 0 Å². The number of ether oxygens (including phenoxy) is 1. The standard InChI is InChI=1S/C22H24N2O3/c25-21(24-12-1-2-13-24)10-5-16-3-7-19(8-4-16)23-22(26)18-6-9-20-17(15-18)11-14-27-20/h3-4,6-9,15H,1-2,5,10-14H2,(H,23,26). The van der Waals surface area contributed by atoms with Crippen molar-refractivity contribution in [2.24, 2.45) is 0 Å². The number of rotatable bonds is 5. The highest BCUT2D eigenvalue weighted by Gasteiger charge is 2.17. The second kappa shape index (κ2) is 7.82. The molecule has 0 aliphatic carbocycles. The summed E-state index contributed by atoms with van der Waals surface area (Å²) < 4.78 is 5.48. The van der Waals surface area contributed by atoms with Crippen LogP contribution in [0.5, 0.6) is 5.75 Å². The second-order valence-corrected chi connectivity index (χ2v) is 7.16. The van der Waals surface area contributed by atoms with E-state index in [1.807, 2.05) is 41.3 Å². The van der Waals surface area contributed by atoms with E-state index in [0.717, 1.165) is 61.3 Å². The fourth-order valence-electron chi connectivity index (χ4n) is 3.66. The van der Waals surface area contributed by atoms with Crippen molar-refractivity contribution >= 4 is 17.5 Å². The van der Waals surface area contributed by atoms with Gasteiger partial charge in [-0.1, -0.05) is 12.1 Å². The third kappa shape index (κ3) is 4.13. The van der Waals surface area contributed by atoms with Gasteiger partial charge in [0.2, 0.25) is 5.91 Å². The van der Waals surface area contributed by atoms with Gasteiger partial charge in [-0.15, -0.1) is 0 Å². The number of carbonyl (C=O) groups excluding carboxylic acids is 2. The maximum Gasteiger partial charge on any atom is 0.255 e. The minimum atomic E-state index is -0.123. The fourth-order valence-corrected chi connectivity index (χ4v) is 3.66. The first-order valence-electron chi connectivity index (χ1n) is 9.63. The average Bonchev–Trinajstić information content (AvgIpc) is 3.38. The van der Waals surface area contributed by atoms with E-state index in [2.05, 4.69) is 5.32 Å². The molecule has 1 fully saturated rings. The topological polar surface area (TPSA) is 58.6 Å². The minimum absolute atomic E-state index is 0.123. The van der Waals surface area contributed by atoms with Crippen LogP contribution < -0.4 is 10.1 Å². The van der Waals surface area contributed by atoms with Crippen LogP contribution in [-0.4, -0.2) is 36.4 Å². The van der Waals surface area contributed by atoms with Crippen molar-refractivity contribution in [3.63, 3.8) is 0 Å². The molecule has 0 aromatic heterocycles. The van der Waals surface area contributed by atoms with Crippen molar-refractivity contribution in [3.8, 4) is 5.75 Å². The summed E-state index contributed by atoms with van der Waals surface area (Å²) in [7, 11) is 0. The summed E-state index contributed by atoms with van der Waals surface area (Å²) in [5.74, 6) is 0.992. The first-order valence-corrected chi connectivity index (χ1v) is 9.63. The molecular weight excluding hydrogens is 340 g/mol. The Morgan fingerprint density at radius 1 is 1.04 bits per heavy atom. The van der Waals surface area contributed by atoms with Crippen molar-refractivity contribution in [2.45, 2.75) is 32.1 Å². The number of amides is 2. The first kappa shape index (κ1) is 17.6. The molecule has 0 unspecified atom stereocenters. The molecule has 2 aliphatic rings. The molecule has 5 nitrogen and oxygen atoms in total. The lowest BCUT2D eigenvalue weighted by Gasteiger charge is -2.15. The summed E-state index contributed by atoms with van der Waals surface area (Å²) in [6.45, 7) is 2.49. The number of aryl methyl sites for hydroxylation is 1. The molecule has 1 saturated heterocycles. The molecule has 2 aromatic carbocycles. The molecule has 4 rings (SSSR count). The van der Waals surface area contributed by atoms with Gasteiger partial charge in [0.25, 0.3) is 5.91 Å². The Morgan fingerprint density at radius 3 is 2.59 bits per heavy atom. The molecule has 0 spiro atoms. The summed E-state index contributed by atoms with van der Waals surface area (Å²) in [6.07, 6.45) is 4.37. The van der Waals surface area contributed by atoms with Crippen LogP contribution in [0.3, 0.4) is 0 Å². The molecule has 0 atom stereocenters. The number of carbonyl (C=O) groups is 2. The molecule has 5 heteroatoms. The highest BCUT2D eigenvalue weighted by molar-refractivity contribution is 6.04. The van der Waals surface area contributed by atoms with Crippen LogP contribution in [0.4, 0.5) is 5.69 Å². The lowest BCUT2D eigenvalue weighted by Crippen LogP contribution is -2.27. The van der Waals surface area contributed by atoms with Crippen molar-refractivity contribution in [2.75, 3.05) is 25.0 Å². The number of nitrogens with zero attached hydrogens (tertiary/aromatic N) is 1. The zero-order valence-electron chi connectivity index (χ0n) is 15.4. The van der Waals surface area contributed by atoms with Gasteiger partial charge in [-0.05, 0) is 60.7 Å². The number of benzene rings is 2. The van der Waals surface area contributed by atoms with Gasteiger partial charge < -0.3 is 15.0 Å². The minimum Gasteiger partial charge on any atom is -0.493 e. The molecule has 2 amide bonds. The zero-order valence-corrected chi connectivity index (χ0v) is 15.4. The van der Waals surface area contributed by atoms with E-state index in [1.54, 1.807) is 6.07 Å². The molecule has 0 bridgehead atoms. The average molecular weight is 364 g/mol. The molecule has 0 radical (unpaired) electrons. The Balaban J connectivity index is 1.32. The summed E-state index contributed by atoms with van der Waals surface area (Å²) in [6, 6.07) is 13.3.